The maximum atomic E-state index is 13.5. The van der Waals surface area contributed by atoms with Crippen LogP contribution in [0.5, 0.6) is 5.75 Å². The highest BCUT2D eigenvalue weighted by Gasteiger charge is 2.14. The maximum Gasteiger partial charge on any atom is 0.358 e. The molecule has 0 fully saturated rings. The number of hydrogen-bond acceptors (Lipinski definition) is 6. The third-order valence-corrected chi connectivity index (χ3v) is 2.27. The van der Waals surface area contributed by atoms with Crippen molar-refractivity contribution in [1.29, 1.82) is 0 Å². The number of benzene rings is 1. The van der Waals surface area contributed by atoms with Crippen molar-refractivity contribution in [2.24, 2.45) is 0 Å². The zero-order valence-corrected chi connectivity index (χ0v) is 9.78. The van der Waals surface area contributed by atoms with E-state index < -0.39 is 22.4 Å². The zero-order chi connectivity index (χ0) is 14.7. The van der Waals surface area contributed by atoms with Crippen molar-refractivity contribution >= 4 is 11.7 Å². The average Bonchev–Trinajstić information content (AvgIpc) is 2.86. The molecule has 2 aromatic rings. The molecule has 9 heteroatoms. The Hall–Kier alpha value is -2.97. The second-order valence-corrected chi connectivity index (χ2v) is 3.64. The number of carboxylic acid groups (broad SMARTS) is 1. The van der Waals surface area contributed by atoms with Crippen molar-refractivity contribution in [3.63, 3.8) is 0 Å². The molecule has 1 heterocycles. The molecule has 0 bridgehead atoms. The Morgan fingerprint density at radius 2 is 2.25 bits per heavy atom. The van der Waals surface area contributed by atoms with Crippen molar-refractivity contribution in [2.75, 3.05) is 0 Å². The molecule has 0 saturated carbocycles. The molecule has 0 atom stereocenters. The number of non-ortho nitro benzene ring substituents is 1. The minimum absolute atomic E-state index is 0.0835. The number of halogens is 1. The van der Waals surface area contributed by atoms with Crippen molar-refractivity contribution in [2.45, 2.75) is 6.61 Å². The van der Waals surface area contributed by atoms with Crippen molar-refractivity contribution in [1.82, 2.24) is 5.16 Å². The molecule has 0 aliphatic heterocycles. The predicted molar refractivity (Wildman–Crippen MR) is 60.8 cm³/mol. The number of ether oxygens (including phenoxy) is 1. The summed E-state index contributed by atoms with van der Waals surface area (Å²) in [6.07, 6.45) is 0. The molecule has 1 N–H and O–H groups in total. The second-order valence-electron chi connectivity index (χ2n) is 3.64. The van der Waals surface area contributed by atoms with Crippen molar-refractivity contribution < 1.29 is 28.5 Å². The van der Waals surface area contributed by atoms with Gasteiger partial charge in [0.15, 0.2) is 23.0 Å². The van der Waals surface area contributed by atoms with Gasteiger partial charge < -0.3 is 14.4 Å². The first kappa shape index (κ1) is 13.5. The number of aromatic nitrogens is 1. The molecule has 1 aromatic heterocycles. The first-order chi connectivity index (χ1) is 9.47. The van der Waals surface area contributed by atoms with E-state index in [0.717, 1.165) is 24.3 Å². The molecule has 104 valence electrons. The molecule has 0 amide bonds. The van der Waals surface area contributed by atoms with E-state index >= 15 is 0 Å². The summed E-state index contributed by atoms with van der Waals surface area (Å²) in [5.74, 6) is -2.30. The fraction of sp³-hybridized carbons (Fsp3) is 0.0909. The number of nitrogens with zero attached hydrogens (tertiary/aromatic N) is 2. The molecule has 0 unspecified atom stereocenters. The van der Waals surface area contributed by atoms with E-state index in [4.69, 9.17) is 9.84 Å². The number of carboxylic acids is 1. The van der Waals surface area contributed by atoms with Crippen LogP contribution < -0.4 is 4.74 Å². The van der Waals surface area contributed by atoms with E-state index in [9.17, 15) is 19.3 Å². The quantitative estimate of drug-likeness (QED) is 0.658. The summed E-state index contributed by atoms with van der Waals surface area (Å²) in [5, 5.41) is 22.3. The maximum absolute atomic E-state index is 13.5. The second kappa shape index (κ2) is 5.34. The molecule has 0 radical (unpaired) electrons. The lowest BCUT2D eigenvalue weighted by molar-refractivity contribution is -0.385. The molecule has 0 saturated heterocycles. The van der Waals surface area contributed by atoms with E-state index in [0.29, 0.717) is 0 Å². The molecule has 1 aromatic carbocycles. The van der Waals surface area contributed by atoms with Crippen LogP contribution in [-0.2, 0) is 6.61 Å². The molecule has 20 heavy (non-hydrogen) atoms. The molecular weight excluding hydrogens is 275 g/mol. The topological polar surface area (TPSA) is 116 Å². The Morgan fingerprint density at radius 1 is 1.50 bits per heavy atom. The smallest absolute Gasteiger partial charge is 0.358 e. The van der Waals surface area contributed by atoms with Crippen LogP contribution >= 0.6 is 0 Å². The van der Waals surface area contributed by atoms with Gasteiger partial charge in [-0.1, -0.05) is 5.16 Å². The number of nitro benzene ring substituents is 1. The monoisotopic (exact) mass is 282 g/mol. The largest absolute Gasteiger partial charge is 0.482 e. The molecule has 0 aliphatic carbocycles. The van der Waals surface area contributed by atoms with Crippen LogP contribution in [0.15, 0.2) is 28.8 Å². The minimum Gasteiger partial charge on any atom is -0.482 e. The average molecular weight is 282 g/mol. The van der Waals surface area contributed by atoms with Crippen molar-refractivity contribution in [3.05, 3.63) is 51.7 Å². The van der Waals surface area contributed by atoms with Gasteiger partial charge in [0.2, 0.25) is 0 Å². The van der Waals surface area contributed by atoms with E-state index in [-0.39, 0.29) is 23.8 Å². The van der Waals surface area contributed by atoms with Gasteiger partial charge in [-0.05, 0) is 6.07 Å². The Morgan fingerprint density at radius 3 is 2.80 bits per heavy atom. The first-order valence-corrected chi connectivity index (χ1v) is 5.23. The number of rotatable bonds is 5. The third kappa shape index (κ3) is 2.88. The summed E-state index contributed by atoms with van der Waals surface area (Å²) >= 11 is 0. The van der Waals surface area contributed by atoms with Crippen LogP contribution in [0.4, 0.5) is 10.1 Å². The molecule has 8 nitrogen and oxygen atoms in total. The summed E-state index contributed by atoms with van der Waals surface area (Å²) in [6, 6.07) is 4.04. The van der Waals surface area contributed by atoms with Gasteiger partial charge >= 0.3 is 5.97 Å². The number of aromatic carboxylic acids is 1. The van der Waals surface area contributed by atoms with E-state index in [1.165, 1.54) is 0 Å². The highest BCUT2D eigenvalue weighted by atomic mass is 19.1. The number of nitro groups is 1. The molecule has 0 aliphatic rings. The van der Waals surface area contributed by atoms with Gasteiger partial charge in [-0.15, -0.1) is 0 Å². The SMILES string of the molecule is O=C(O)c1cc(COc2ccc([N+](=O)[O-])cc2F)on1. The highest BCUT2D eigenvalue weighted by molar-refractivity contribution is 5.85. The Bertz CT molecular complexity index is 669. The van der Waals surface area contributed by atoms with Gasteiger partial charge in [-0.2, -0.15) is 0 Å². The summed E-state index contributed by atoms with van der Waals surface area (Å²) in [4.78, 5) is 20.3. The predicted octanol–water partition coefficient (Wildman–Crippen LogP) is 2.00. The minimum atomic E-state index is -1.26. The van der Waals surface area contributed by atoms with Crippen LogP contribution in [0.3, 0.4) is 0 Å². The molecular formula is C11H7FN2O6. The summed E-state index contributed by atoms with van der Waals surface area (Å²) in [7, 11) is 0. The van der Waals surface area contributed by atoms with Crippen LogP contribution in [0.25, 0.3) is 0 Å². The number of carbonyl (C=O) groups is 1. The lowest BCUT2D eigenvalue weighted by Gasteiger charge is -2.04. The van der Waals surface area contributed by atoms with Crippen LogP contribution in [0.1, 0.15) is 16.2 Å². The zero-order valence-electron chi connectivity index (χ0n) is 9.78. The van der Waals surface area contributed by atoms with E-state index in [1.807, 2.05) is 0 Å². The van der Waals surface area contributed by atoms with E-state index in [2.05, 4.69) is 9.68 Å². The number of hydrogen-bond donors (Lipinski definition) is 1. The van der Waals surface area contributed by atoms with Gasteiger partial charge in [-0.25, -0.2) is 9.18 Å². The Balaban J connectivity index is 2.06. The Labute approximate surface area is 110 Å². The van der Waals surface area contributed by atoms with Crippen LogP contribution in [0.2, 0.25) is 0 Å². The third-order valence-electron chi connectivity index (χ3n) is 2.27. The van der Waals surface area contributed by atoms with Gasteiger partial charge in [0.25, 0.3) is 5.69 Å². The standard InChI is InChI=1S/C11H7FN2O6/c12-8-3-6(14(17)18)1-2-10(8)19-5-7-4-9(11(15)16)13-20-7/h1-4H,5H2,(H,15,16). The van der Waals surface area contributed by atoms with Gasteiger partial charge in [0.05, 0.1) is 11.0 Å². The van der Waals surface area contributed by atoms with Crippen LogP contribution in [-0.4, -0.2) is 21.2 Å². The highest BCUT2D eigenvalue weighted by Crippen LogP contribution is 2.23. The summed E-state index contributed by atoms with van der Waals surface area (Å²) in [6.45, 7) is -0.255. The first-order valence-electron chi connectivity index (χ1n) is 5.23. The van der Waals surface area contributed by atoms with E-state index in [1.54, 1.807) is 0 Å². The summed E-state index contributed by atoms with van der Waals surface area (Å²) < 4.78 is 23.2. The fourth-order valence-corrected chi connectivity index (χ4v) is 1.35. The molecule has 0 spiro atoms. The molecule has 2 rings (SSSR count). The normalized spacial score (nSPS) is 10.2. The van der Waals surface area contributed by atoms with Gasteiger partial charge in [0.1, 0.15) is 6.61 Å². The lowest BCUT2D eigenvalue weighted by Crippen LogP contribution is -1.98. The van der Waals surface area contributed by atoms with Crippen molar-refractivity contribution in [3.8, 4) is 5.75 Å². The lowest BCUT2D eigenvalue weighted by atomic mass is 10.3. The Kier molecular flexibility index (Phi) is 3.60. The fourth-order valence-electron chi connectivity index (χ4n) is 1.35. The van der Waals surface area contributed by atoms with Crippen LogP contribution in [0, 0.1) is 15.9 Å². The summed E-state index contributed by atoms with van der Waals surface area (Å²) in [5.41, 5.74) is -0.699. The van der Waals surface area contributed by atoms with Gasteiger partial charge in [-0.3, -0.25) is 10.1 Å². The van der Waals surface area contributed by atoms with Gasteiger partial charge in [0, 0.05) is 12.1 Å².